The third-order valence-corrected chi connectivity index (χ3v) is 4.52. The van der Waals surface area contributed by atoms with Crippen LogP contribution in [-0.2, 0) is 0 Å². The molecule has 2 aromatic carbocycles. The smallest absolute Gasteiger partial charge is 0.119 e. The molecule has 0 fully saturated rings. The van der Waals surface area contributed by atoms with Crippen LogP contribution < -0.4 is 15.4 Å². The van der Waals surface area contributed by atoms with Gasteiger partial charge in [-0.15, -0.1) is 0 Å². The van der Waals surface area contributed by atoms with Crippen molar-refractivity contribution in [2.75, 3.05) is 30.3 Å². The lowest BCUT2D eigenvalue weighted by Crippen LogP contribution is -2.14. The lowest BCUT2D eigenvalue weighted by molar-refractivity contribution is 0.304. The van der Waals surface area contributed by atoms with E-state index in [1.54, 1.807) is 0 Å². The highest BCUT2D eigenvalue weighted by molar-refractivity contribution is 5.52. The summed E-state index contributed by atoms with van der Waals surface area (Å²) >= 11 is 0. The van der Waals surface area contributed by atoms with Crippen LogP contribution in [-0.4, -0.2) is 19.7 Å². The first kappa shape index (κ1) is 20.2. The van der Waals surface area contributed by atoms with Gasteiger partial charge in [-0.1, -0.05) is 50.3 Å². The Labute approximate surface area is 159 Å². The van der Waals surface area contributed by atoms with Gasteiger partial charge in [-0.05, 0) is 56.2 Å². The van der Waals surface area contributed by atoms with Gasteiger partial charge in [-0.25, -0.2) is 0 Å². The van der Waals surface area contributed by atoms with Crippen molar-refractivity contribution in [2.24, 2.45) is 0 Å². The summed E-state index contributed by atoms with van der Waals surface area (Å²) in [6.07, 6.45) is 6.35. The van der Waals surface area contributed by atoms with E-state index >= 15 is 0 Å². The lowest BCUT2D eigenvalue weighted by atomic mass is 10.1. The first-order valence-electron chi connectivity index (χ1n) is 9.97. The maximum absolute atomic E-state index is 5.81. The van der Waals surface area contributed by atoms with Crippen molar-refractivity contribution in [1.82, 2.24) is 0 Å². The number of aryl methyl sites for hydroxylation is 2. The maximum atomic E-state index is 5.81. The lowest BCUT2D eigenvalue weighted by Gasteiger charge is -2.12. The van der Waals surface area contributed by atoms with E-state index in [9.17, 15) is 0 Å². The zero-order valence-corrected chi connectivity index (χ0v) is 16.6. The molecule has 3 nitrogen and oxygen atoms in total. The fraction of sp³-hybridized carbons (Fsp3) is 0.478. The molecule has 2 N–H and O–H groups in total. The fourth-order valence-electron chi connectivity index (χ4n) is 2.98. The molecule has 0 aliphatic carbocycles. The minimum atomic E-state index is 0.816. The molecule has 0 radical (unpaired) electrons. The van der Waals surface area contributed by atoms with E-state index in [4.69, 9.17) is 4.74 Å². The third kappa shape index (κ3) is 7.38. The summed E-state index contributed by atoms with van der Waals surface area (Å²) in [6.45, 7) is 9.09. The van der Waals surface area contributed by atoms with Crippen LogP contribution in [0.15, 0.2) is 42.5 Å². The number of hydrogen-bond donors (Lipinski definition) is 2. The molecule has 0 bridgehead atoms. The van der Waals surface area contributed by atoms with Crippen LogP contribution >= 0.6 is 0 Å². The third-order valence-electron chi connectivity index (χ3n) is 4.52. The van der Waals surface area contributed by atoms with Crippen LogP contribution in [0, 0.1) is 13.8 Å². The number of rotatable bonds is 12. The van der Waals surface area contributed by atoms with Gasteiger partial charge in [0, 0.05) is 24.5 Å². The molecule has 3 heteroatoms. The van der Waals surface area contributed by atoms with Crippen LogP contribution in [0.1, 0.15) is 50.2 Å². The highest BCUT2D eigenvalue weighted by atomic mass is 16.5. The Bertz CT molecular complexity index is 637. The van der Waals surface area contributed by atoms with Gasteiger partial charge in [-0.3, -0.25) is 0 Å². The quantitative estimate of drug-likeness (QED) is 0.447. The molecule has 0 atom stereocenters. The van der Waals surface area contributed by atoms with E-state index in [0.717, 1.165) is 37.6 Å². The molecule has 0 aliphatic rings. The predicted octanol–water partition coefficient (Wildman–Crippen LogP) is 6.18. The largest absolute Gasteiger partial charge is 0.494 e. The Kier molecular flexibility index (Phi) is 8.88. The van der Waals surface area contributed by atoms with Gasteiger partial charge in [0.25, 0.3) is 0 Å². The second kappa shape index (κ2) is 11.5. The van der Waals surface area contributed by atoms with Crippen molar-refractivity contribution in [3.05, 3.63) is 53.6 Å². The molecule has 0 saturated carbocycles. The van der Waals surface area contributed by atoms with Crippen molar-refractivity contribution >= 4 is 11.4 Å². The van der Waals surface area contributed by atoms with Gasteiger partial charge >= 0.3 is 0 Å². The Morgan fingerprint density at radius 2 is 1.54 bits per heavy atom. The van der Waals surface area contributed by atoms with Crippen molar-refractivity contribution in [2.45, 2.75) is 52.9 Å². The maximum Gasteiger partial charge on any atom is 0.119 e. The Balaban J connectivity index is 1.62. The average molecular weight is 355 g/mol. The fourth-order valence-corrected chi connectivity index (χ4v) is 2.98. The number of hydrogen-bond acceptors (Lipinski definition) is 3. The molecule has 0 unspecified atom stereocenters. The topological polar surface area (TPSA) is 33.3 Å². The Morgan fingerprint density at radius 1 is 0.808 bits per heavy atom. The molecular weight excluding hydrogens is 320 g/mol. The van der Waals surface area contributed by atoms with E-state index in [2.05, 4.69) is 61.7 Å². The zero-order chi connectivity index (χ0) is 18.6. The molecule has 0 aromatic heterocycles. The first-order valence-corrected chi connectivity index (χ1v) is 9.97. The summed E-state index contributed by atoms with van der Waals surface area (Å²) in [4.78, 5) is 0. The summed E-state index contributed by atoms with van der Waals surface area (Å²) in [5.74, 6) is 0.958. The highest BCUT2D eigenvalue weighted by Crippen LogP contribution is 2.17. The summed E-state index contributed by atoms with van der Waals surface area (Å²) < 4.78 is 5.81. The standard InChI is InChI=1S/C23H34N2O/c1-4-5-6-7-8-17-26-22-12-10-21(11-13-22)24-15-16-25-23-14-9-19(2)18-20(23)3/h9-14,18,24-25H,4-8,15-17H2,1-3H3. The summed E-state index contributed by atoms with van der Waals surface area (Å²) in [7, 11) is 0. The van der Waals surface area contributed by atoms with E-state index in [1.165, 1.54) is 42.5 Å². The second-order valence-electron chi connectivity index (χ2n) is 6.96. The Morgan fingerprint density at radius 3 is 2.27 bits per heavy atom. The van der Waals surface area contributed by atoms with Crippen molar-refractivity contribution in [3.63, 3.8) is 0 Å². The van der Waals surface area contributed by atoms with Crippen LogP contribution in [0.25, 0.3) is 0 Å². The Hall–Kier alpha value is -2.16. The number of nitrogens with one attached hydrogen (secondary N) is 2. The van der Waals surface area contributed by atoms with E-state index in [-0.39, 0.29) is 0 Å². The van der Waals surface area contributed by atoms with Gasteiger partial charge in [0.15, 0.2) is 0 Å². The first-order chi connectivity index (χ1) is 12.7. The second-order valence-corrected chi connectivity index (χ2v) is 6.96. The van der Waals surface area contributed by atoms with Crippen molar-refractivity contribution in [3.8, 4) is 5.75 Å². The minimum Gasteiger partial charge on any atom is -0.494 e. The molecule has 2 aromatic rings. The molecule has 0 aliphatic heterocycles. The molecule has 26 heavy (non-hydrogen) atoms. The molecule has 142 valence electrons. The number of ether oxygens (including phenoxy) is 1. The van der Waals surface area contributed by atoms with Crippen LogP contribution in [0.3, 0.4) is 0 Å². The van der Waals surface area contributed by atoms with Gasteiger partial charge in [-0.2, -0.15) is 0 Å². The zero-order valence-electron chi connectivity index (χ0n) is 16.6. The number of unbranched alkanes of at least 4 members (excludes halogenated alkanes) is 4. The average Bonchev–Trinajstić information content (AvgIpc) is 2.64. The van der Waals surface area contributed by atoms with E-state index in [0.29, 0.717) is 0 Å². The van der Waals surface area contributed by atoms with Crippen LogP contribution in [0.4, 0.5) is 11.4 Å². The molecular formula is C23H34N2O. The SMILES string of the molecule is CCCCCCCOc1ccc(NCCNc2ccc(C)cc2C)cc1. The predicted molar refractivity (Wildman–Crippen MR) is 114 cm³/mol. The highest BCUT2D eigenvalue weighted by Gasteiger charge is 1.99. The van der Waals surface area contributed by atoms with Gasteiger partial charge in [0.05, 0.1) is 6.61 Å². The molecule has 2 rings (SSSR count). The minimum absolute atomic E-state index is 0.816. The monoisotopic (exact) mass is 354 g/mol. The van der Waals surface area contributed by atoms with Crippen LogP contribution in [0.2, 0.25) is 0 Å². The van der Waals surface area contributed by atoms with Crippen molar-refractivity contribution in [1.29, 1.82) is 0 Å². The summed E-state index contributed by atoms with van der Waals surface area (Å²) in [5, 5.41) is 6.93. The van der Waals surface area contributed by atoms with E-state index in [1.807, 2.05) is 12.1 Å². The summed E-state index contributed by atoms with van der Waals surface area (Å²) in [6, 6.07) is 14.8. The number of benzene rings is 2. The molecule has 0 amide bonds. The van der Waals surface area contributed by atoms with E-state index < -0.39 is 0 Å². The van der Waals surface area contributed by atoms with Crippen LogP contribution in [0.5, 0.6) is 5.75 Å². The summed E-state index contributed by atoms with van der Waals surface area (Å²) in [5.41, 5.74) is 4.93. The molecule has 0 heterocycles. The van der Waals surface area contributed by atoms with Gasteiger partial charge in [0.1, 0.15) is 5.75 Å². The van der Waals surface area contributed by atoms with Gasteiger partial charge in [0.2, 0.25) is 0 Å². The number of anilines is 2. The normalized spacial score (nSPS) is 10.6. The molecule has 0 saturated heterocycles. The van der Waals surface area contributed by atoms with Crippen molar-refractivity contribution < 1.29 is 4.74 Å². The molecule has 0 spiro atoms. The van der Waals surface area contributed by atoms with Gasteiger partial charge < -0.3 is 15.4 Å².